The van der Waals surface area contributed by atoms with Crippen LogP contribution in [0, 0.1) is 43.4 Å². The number of benzene rings is 6. The average molecular weight is 1260 g/mol. The van der Waals surface area contributed by atoms with Gasteiger partial charge in [0.25, 0.3) is 0 Å². The van der Waals surface area contributed by atoms with E-state index in [9.17, 15) is 0 Å². The topological polar surface area (TPSA) is 0 Å². The van der Waals surface area contributed by atoms with Crippen molar-refractivity contribution in [2.24, 2.45) is 29.6 Å². The van der Waals surface area contributed by atoms with Crippen LogP contribution in [0.2, 0.25) is 0 Å². The highest BCUT2D eigenvalue weighted by Crippen LogP contribution is 2.47. The van der Waals surface area contributed by atoms with Gasteiger partial charge in [-0.3, -0.25) is 0 Å². The van der Waals surface area contributed by atoms with Gasteiger partial charge in [-0.2, -0.15) is 0 Å². The summed E-state index contributed by atoms with van der Waals surface area (Å²) in [7, 11) is 0. The molecule has 0 heteroatoms. The first-order valence-corrected chi connectivity index (χ1v) is 38.0. The molecule has 9 aliphatic rings. The molecule has 9 aliphatic carbocycles. The number of hydrogen-bond acceptors (Lipinski definition) is 0. The van der Waals surface area contributed by atoms with E-state index in [2.05, 4.69) is 273 Å². The van der Waals surface area contributed by atoms with Crippen molar-refractivity contribution in [1.82, 2.24) is 0 Å². The zero-order valence-electron chi connectivity index (χ0n) is 59.3. The Morgan fingerprint density at radius 3 is 1.08 bits per heavy atom. The van der Waals surface area contributed by atoms with Gasteiger partial charge in [-0.25, -0.2) is 0 Å². The van der Waals surface area contributed by atoms with Crippen LogP contribution >= 0.6 is 0 Å². The van der Waals surface area contributed by atoms with Gasteiger partial charge in [0.15, 0.2) is 0 Å². The zero-order chi connectivity index (χ0) is 65.9. The van der Waals surface area contributed by atoms with E-state index in [1.807, 2.05) is 0 Å². The Bertz CT molecular complexity index is 4080. The van der Waals surface area contributed by atoms with E-state index in [-0.39, 0.29) is 0 Å². The Hall–Kier alpha value is -7.80. The molecule has 492 valence electrons. The quantitative estimate of drug-likeness (QED) is 0.0854. The molecule has 0 saturated heterocycles. The molecular weight excluding hydrogens is 1150 g/mol. The SMILES string of the molecule is CCCc1ccc(C2=CC=C(Cc3ccc(C4CCCCC4)c(C)c3)C3=CC=CC32)cc1.CCc1ccc(C2=CC=C(Cc3ccc(C4CCC(C(C)C)CC4)c(C)c3)C3=CC=CC32)cc1.CCc1ccc(C2=CC=C(Cc3ccc(C4CCCCC4)cc3)C3=CC=CC32)cc1. The maximum Gasteiger partial charge on any atom is 0.0281 e. The minimum Gasteiger partial charge on any atom is -0.0726 e. The first-order valence-electron chi connectivity index (χ1n) is 38.0. The van der Waals surface area contributed by atoms with Gasteiger partial charge in [0.1, 0.15) is 0 Å². The molecule has 3 fully saturated rings. The maximum absolute atomic E-state index is 2.46. The predicted molar refractivity (Wildman–Crippen MR) is 413 cm³/mol. The molecule has 3 saturated carbocycles. The second-order valence-electron chi connectivity index (χ2n) is 30.1. The third kappa shape index (κ3) is 15.6. The lowest BCUT2D eigenvalue weighted by Gasteiger charge is -2.32. The smallest absolute Gasteiger partial charge is 0.0281 e. The Balaban J connectivity index is 0.000000130. The maximum atomic E-state index is 2.46. The summed E-state index contributed by atoms with van der Waals surface area (Å²) >= 11 is 0. The van der Waals surface area contributed by atoms with Crippen molar-refractivity contribution >= 4 is 16.7 Å². The second kappa shape index (κ2) is 31.6. The molecule has 0 heterocycles. The van der Waals surface area contributed by atoms with Gasteiger partial charge in [-0.15, -0.1) is 0 Å². The number of rotatable bonds is 17. The fourth-order valence-electron chi connectivity index (χ4n) is 17.8. The van der Waals surface area contributed by atoms with Gasteiger partial charge < -0.3 is 0 Å². The number of hydrogen-bond donors (Lipinski definition) is 0. The van der Waals surface area contributed by atoms with Crippen LogP contribution < -0.4 is 0 Å². The molecule has 0 bridgehead atoms. The van der Waals surface area contributed by atoms with Gasteiger partial charge in [0.05, 0.1) is 0 Å². The van der Waals surface area contributed by atoms with E-state index in [0.717, 1.165) is 68.1 Å². The first kappa shape index (κ1) is 66.8. The van der Waals surface area contributed by atoms with E-state index in [1.165, 1.54) is 208 Å². The van der Waals surface area contributed by atoms with Crippen LogP contribution in [-0.4, -0.2) is 0 Å². The van der Waals surface area contributed by atoms with Crippen LogP contribution in [0.15, 0.2) is 258 Å². The summed E-state index contributed by atoms with van der Waals surface area (Å²) in [5.74, 6) is 5.29. The van der Waals surface area contributed by atoms with Crippen molar-refractivity contribution in [3.63, 3.8) is 0 Å². The highest BCUT2D eigenvalue weighted by molar-refractivity contribution is 5.81. The summed E-state index contributed by atoms with van der Waals surface area (Å²) in [6.07, 6.45) is 62.0. The Kier molecular flexibility index (Phi) is 22.0. The van der Waals surface area contributed by atoms with Crippen molar-refractivity contribution in [1.29, 1.82) is 0 Å². The Labute approximate surface area is 579 Å². The van der Waals surface area contributed by atoms with Crippen molar-refractivity contribution < 1.29 is 0 Å². The van der Waals surface area contributed by atoms with Gasteiger partial charge >= 0.3 is 0 Å². The third-order valence-corrected chi connectivity index (χ3v) is 23.6. The van der Waals surface area contributed by atoms with Crippen LogP contribution in [0.25, 0.3) is 16.7 Å². The summed E-state index contributed by atoms with van der Waals surface area (Å²) in [5, 5.41) is 0. The van der Waals surface area contributed by atoms with Crippen molar-refractivity contribution in [2.75, 3.05) is 0 Å². The molecule has 3 atom stereocenters. The second-order valence-corrected chi connectivity index (χ2v) is 30.1. The van der Waals surface area contributed by atoms with Crippen LogP contribution in [0.4, 0.5) is 0 Å². The predicted octanol–water partition coefficient (Wildman–Crippen LogP) is 25.8. The number of allylic oxidation sites excluding steroid dienone is 24. The average Bonchev–Trinajstić information content (AvgIpc) is 1.67. The van der Waals surface area contributed by atoms with E-state index < -0.39 is 0 Å². The van der Waals surface area contributed by atoms with Crippen LogP contribution in [-0.2, 0) is 38.5 Å². The van der Waals surface area contributed by atoms with E-state index in [1.54, 1.807) is 16.7 Å². The van der Waals surface area contributed by atoms with Crippen LogP contribution in [0.1, 0.15) is 227 Å². The summed E-state index contributed by atoms with van der Waals surface area (Å²) < 4.78 is 0. The minimum atomic E-state index is 0.393. The summed E-state index contributed by atoms with van der Waals surface area (Å²) in [6.45, 7) is 16.1. The molecule has 0 aromatic heterocycles. The van der Waals surface area contributed by atoms with Gasteiger partial charge in [-0.1, -0.05) is 304 Å². The molecule has 0 radical (unpaired) electrons. The molecule has 6 aromatic rings. The van der Waals surface area contributed by atoms with Crippen LogP contribution in [0.3, 0.4) is 0 Å². The van der Waals surface area contributed by atoms with Crippen LogP contribution in [0.5, 0.6) is 0 Å². The van der Waals surface area contributed by atoms with Crippen molar-refractivity contribution in [3.05, 3.63) is 336 Å². The van der Waals surface area contributed by atoms with E-state index in [0.29, 0.717) is 17.8 Å². The lowest BCUT2D eigenvalue weighted by Crippen LogP contribution is -2.18. The molecule has 15 rings (SSSR count). The molecule has 0 spiro atoms. The Morgan fingerprint density at radius 1 is 0.333 bits per heavy atom. The summed E-state index contributed by atoms with van der Waals surface area (Å²) in [6, 6.07) is 51.6. The third-order valence-electron chi connectivity index (χ3n) is 23.6. The van der Waals surface area contributed by atoms with Crippen molar-refractivity contribution in [2.45, 2.75) is 201 Å². The number of fused-ring (bicyclic) bond motifs is 3. The highest BCUT2D eigenvalue weighted by Gasteiger charge is 2.31. The molecule has 0 amide bonds. The first-order chi connectivity index (χ1) is 47.1. The molecule has 6 aromatic carbocycles. The lowest BCUT2D eigenvalue weighted by molar-refractivity contribution is 0.258. The fourth-order valence-corrected chi connectivity index (χ4v) is 17.8. The normalized spacial score (nSPS) is 22.0. The fraction of sp³-hybridized carbons (Fsp3) is 0.375. The lowest BCUT2D eigenvalue weighted by atomic mass is 9.74. The largest absolute Gasteiger partial charge is 0.0726 e. The molecule has 0 aliphatic heterocycles. The molecule has 0 nitrogen and oxygen atoms in total. The van der Waals surface area contributed by atoms with Gasteiger partial charge in [0.2, 0.25) is 0 Å². The molecule has 96 heavy (non-hydrogen) atoms. The van der Waals surface area contributed by atoms with Gasteiger partial charge in [0, 0.05) is 17.8 Å². The molecule has 3 unspecified atom stereocenters. The van der Waals surface area contributed by atoms with E-state index >= 15 is 0 Å². The highest BCUT2D eigenvalue weighted by atomic mass is 14.4. The summed E-state index contributed by atoms with van der Waals surface area (Å²) in [4.78, 5) is 0. The number of aryl methyl sites for hydroxylation is 5. The van der Waals surface area contributed by atoms with Gasteiger partial charge in [-0.05, 0) is 261 Å². The standard InChI is InChI=1S/C34H40.C32H36.C30H32/c1-5-25-9-12-29(13-10-25)33-20-18-30(32-7-6-8-34(32)33)22-26-11-19-31(24(4)21-26)28-16-14-27(15-17-28)23(2)3;1-3-8-24-13-16-27(17-14-24)31-20-18-28(30-11-7-12-32(30)31)22-25-15-19-29(23(2)21-25)26-9-5-4-6-10-26;1-2-22-11-17-26(18-12-22)29-20-19-27(28-9-6-10-30(28)29)21-23-13-15-25(16-14-23)24-7-4-3-5-8-24/h6-13,18-21,23,27-28,34H,5,14-17,22H2,1-4H3;7,11-21,26,32H,3-6,8-10,22H2,1-2H3;6,9-20,24,30H,2-5,7-8,21H2,1H3. The molecule has 0 N–H and O–H groups in total. The molecular formula is C96H108. The zero-order valence-corrected chi connectivity index (χ0v) is 59.3. The van der Waals surface area contributed by atoms with E-state index in [4.69, 9.17) is 0 Å². The minimum absolute atomic E-state index is 0.393. The monoisotopic (exact) mass is 1260 g/mol. The van der Waals surface area contributed by atoms with Crippen molar-refractivity contribution in [3.8, 4) is 0 Å². The summed E-state index contributed by atoms with van der Waals surface area (Å²) in [5.41, 5.74) is 33.5. The Morgan fingerprint density at radius 2 is 0.698 bits per heavy atom.